The zero-order valence-electron chi connectivity index (χ0n) is 15.7. The third kappa shape index (κ3) is 3.68. The van der Waals surface area contributed by atoms with Gasteiger partial charge in [-0.2, -0.15) is 0 Å². The predicted molar refractivity (Wildman–Crippen MR) is 99.3 cm³/mol. The molecule has 0 aliphatic heterocycles. The van der Waals surface area contributed by atoms with Gasteiger partial charge in [-0.05, 0) is 63.7 Å². The normalized spacial score (nSPS) is 33.3. The summed E-state index contributed by atoms with van der Waals surface area (Å²) in [5.74, 6) is 1.56. The maximum Gasteiger partial charge on any atom is 0.176 e. The molecule has 4 heteroatoms. The van der Waals surface area contributed by atoms with Gasteiger partial charge in [0, 0.05) is 17.7 Å². The maximum atomic E-state index is 12.2. The van der Waals surface area contributed by atoms with Crippen LogP contribution < -0.4 is 0 Å². The van der Waals surface area contributed by atoms with E-state index in [-0.39, 0.29) is 11.3 Å². The molecule has 0 N–H and O–H groups in total. The summed E-state index contributed by atoms with van der Waals surface area (Å²) in [4.78, 5) is 12.2. The van der Waals surface area contributed by atoms with E-state index >= 15 is 0 Å². The average molecular weight is 353 g/mol. The lowest BCUT2D eigenvalue weighted by Crippen LogP contribution is -2.39. The van der Waals surface area contributed by atoms with Gasteiger partial charge in [-0.25, -0.2) is 8.42 Å². The molecule has 0 heterocycles. The molecule has 24 heavy (non-hydrogen) atoms. The molecule has 0 amide bonds. The van der Waals surface area contributed by atoms with E-state index in [0.717, 1.165) is 32.1 Å². The third-order valence-electron chi connectivity index (χ3n) is 6.21. The molecule has 2 aliphatic rings. The third-order valence-corrected chi connectivity index (χ3v) is 8.43. The fourth-order valence-corrected chi connectivity index (χ4v) is 5.27. The van der Waals surface area contributed by atoms with E-state index in [0.29, 0.717) is 17.6 Å². The lowest BCUT2D eigenvalue weighted by molar-refractivity contribution is -0.129. The minimum atomic E-state index is -3.23. The summed E-state index contributed by atoms with van der Waals surface area (Å²) in [5.41, 5.74) is 0.125. The molecule has 4 atom stereocenters. The number of rotatable bonds is 4. The van der Waals surface area contributed by atoms with Crippen molar-refractivity contribution in [2.45, 2.75) is 71.5 Å². The minimum absolute atomic E-state index is 0.125. The summed E-state index contributed by atoms with van der Waals surface area (Å²) >= 11 is 0. The second-order valence-corrected chi connectivity index (χ2v) is 11.4. The summed E-state index contributed by atoms with van der Waals surface area (Å²) in [5, 5.41) is 1.31. The summed E-state index contributed by atoms with van der Waals surface area (Å²) in [6, 6.07) is 0. The number of Topliss-reactive ketones (excluding diaryl/α,β-unsaturated/α-hetero) is 1. The number of hydrogen-bond acceptors (Lipinski definition) is 3. The Morgan fingerprint density at radius 3 is 2.50 bits per heavy atom. The van der Waals surface area contributed by atoms with Crippen LogP contribution in [0.1, 0.15) is 66.7 Å². The van der Waals surface area contributed by atoms with Crippen LogP contribution in [0.25, 0.3) is 0 Å². The van der Waals surface area contributed by atoms with Crippen molar-refractivity contribution in [3.8, 4) is 0 Å². The molecule has 2 saturated carbocycles. The quantitative estimate of drug-likeness (QED) is 0.690. The van der Waals surface area contributed by atoms with Crippen LogP contribution in [0.3, 0.4) is 0 Å². The fourth-order valence-electron chi connectivity index (χ4n) is 4.56. The van der Waals surface area contributed by atoms with Crippen LogP contribution in [0.2, 0.25) is 0 Å². The first kappa shape index (κ1) is 19.4. The summed E-state index contributed by atoms with van der Waals surface area (Å²) in [6.45, 7) is 9.60. The first-order valence-electron chi connectivity index (χ1n) is 9.11. The first-order valence-corrected chi connectivity index (χ1v) is 10.7. The number of ketones is 1. The number of fused-ring (bicyclic) bond motifs is 1. The zero-order valence-corrected chi connectivity index (χ0v) is 16.5. The van der Waals surface area contributed by atoms with E-state index in [1.165, 1.54) is 5.41 Å². The van der Waals surface area contributed by atoms with Crippen molar-refractivity contribution in [3.63, 3.8) is 0 Å². The smallest absolute Gasteiger partial charge is 0.176 e. The zero-order chi connectivity index (χ0) is 18.2. The van der Waals surface area contributed by atoms with Crippen molar-refractivity contribution in [1.82, 2.24) is 0 Å². The molecule has 0 aromatic rings. The standard InChI is InChI=1S/C20H32O3S/c1-15(9-6-7-14-24(22,23)19(2,3)4)16-11-12-17-18(21)10-8-13-20(16,17)5/h6-7,9,14-17H,8,10-13H2,1-5H3/b9-6+,14-7+/t15-,16-,17+,20-/m1/s1. The highest BCUT2D eigenvalue weighted by Gasteiger charge is 2.51. The molecule has 2 fully saturated rings. The van der Waals surface area contributed by atoms with Gasteiger partial charge >= 0.3 is 0 Å². The van der Waals surface area contributed by atoms with E-state index in [2.05, 4.69) is 19.9 Å². The summed E-state index contributed by atoms with van der Waals surface area (Å²) < 4.78 is 23.4. The Balaban J connectivity index is 2.05. The van der Waals surface area contributed by atoms with Gasteiger partial charge in [0.1, 0.15) is 5.78 Å². The molecule has 0 unspecified atom stereocenters. The van der Waals surface area contributed by atoms with Crippen molar-refractivity contribution in [2.24, 2.45) is 23.2 Å². The molecule has 3 nitrogen and oxygen atoms in total. The number of carbonyl (C=O) groups excluding carboxylic acids is 1. The average Bonchev–Trinajstić information content (AvgIpc) is 2.81. The molecule has 0 radical (unpaired) electrons. The second kappa shape index (κ2) is 6.78. The highest BCUT2D eigenvalue weighted by atomic mass is 32.2. The van der Waals surface area contributed by atoms with Gasteiger partial charge in [0.25, 0.3) is 0 Å². The van der Waals surface area contributed by atoms with E-state index in [1.807, 2.05) is 6.08 Å². The molecule has 2 rings (SSSR count). The van der Waals surface area contributed by atoms with Crippen LogP contribution in [0, 0.1) is 23.2 Å². The molecule has 2 aliphatic carbocycles. The molecule has 0 bridgehead atoms. The molecular weight excluding hydrogens is 320 g/mol. The monoisotopic (exact) mass is 352 g/mol. The molecule has 0 saturated heterocycles. The number of allylic oxidation sites excluding steroid dienone is 3. The summed E-state index contributed by atoms with van der Waals surface area (Å²) in [6.07, 6.45) is 10.6. The van der Waals surface area contributed by atoms with E-state index in [9.17, 15) is 13.2 Å². The SMILES string of the molecule is C[C@H](/C=C/C=C/S(=O)(=O)C(C)(C)C)[C@H]1CC[C@H]2C(=O)CCC[C@]12C. The number of sulfone groups is 1. The lowest BCUT2D eigenvalue weighted by atomic mass is 9.62. The Morgan fingerprint density at radius 1 is 1.21 bits per heavy atom. The highest BCUT2D eigenvalue weighted by molar-refractivity contribution is 7.95. The van der Waals surface area contributed by atoms with Gasteiger partial charge in [-0.1, -0.05) is 32.1 Å². The maximum absolute atomic E-state index is 12.2. The Labute approximate surface area is 147 Å². The number of hydrogen-bond donors (Lipinski definition) is 0. The largest absolute Gasteiger partial charge is 0.299 e. The molecule has 0 spiro atoms. The Hall–Kier alpha value is -0.900. The van der Waals surface area contributed by atoms with Gasteiger partial charge in [0.05, 0.1) is 4.75 Å². The van der Waals surface area contributed by atoms with Crippen LogP contribution in [0.5, 0.6) is 0 Å². The van der Waals surface area contributed by atoms with Crippen LogP contribution in [0.4, 0.5) is 0 Å². The van der Waals surface area contributed by atoms with E-state index < -0.39 is 14.6 Å². The lowest BCUT2D eigenvalue weighted by Gasteiger charge is -2.41. The molecule has 0 aromatic carbocycles. The van der Waals surface area contributed by atoms with E-state index in [1.54, 1.807) is 26.8 Å². The van der Waals surface area contributed by atoms with Crippen molar-refractivity contribution >= 4 is 15.6 Å². The Kier molecular flexibility index (Phi) is 5.49. The first-order chi connectivity index (χ1) is 11.0. The van der Waals surface area contributed by atoms with Crippen molar-refractivity contribution in [1.29, 1.82) is 0 Å². The van der Waals surface area contributed by atoms with Crippen LogP contribution in [-0.4, -0.2) is 18.9 Å². The fraction of sp³-hybridized carbons (Fsp3) is 0.750. The van der Waals surface area contributed by atoms with Crippen molar-refractivity contribution < 1.29 is 13.2 Å². The van der Waals surface area contributed by atoms with E-state index in [4.69, 9.17) is 0 Å². The van der Waals surface area contributed by atoms with Crippen LogP contribution >= 0.6 is 0 Å². The highest BCUT2D eigenvalue weighted by Crippen LogP contribution is 2.56. The topological polar surface area (TPSA) is 51.2 Å². The van der Waals surface area contributed by atoms with Crippen LogP contribution in [-0.2, 0) is 14.6 Å². The predicted octanol–water partition coefficient (Wildman–Crippen LogP) is 4.69. The molecule has 136 valence electrons. The van der Waals surface area contributed by atoms with Gasteiger partial charge in [0.2, 0.25) is 0 Å². The minimum Gasteiger partial charge on any atom is -0.299 e. The van der Waals surface area contributed by atoms with Gasteiger partial charge in [-0.3, -0.25) is 4.79 Å². The Morgan fingerprint density at radius 2 is 1.88 bits per heavy atom. The van der Waals surface area contributed by atoms with Crippen molar-refractivity contribution in [2.75, 3.05) is 0 Å². The molecular formula is C20H32O3S. The Bertz CT molecular complexity index is 636. The van der Waals surface area contributed by atoms with Crippen molar-refractivity contribution in [3.05, 3.63) is 23.6 Å². The molecule has 0 aromatic heterocycles. The van der Waals surface area contributed by atoms with Gasteiger partial charge in [-0.15, -0.1) is 0 Å². The van der Waals surface area contributed by atoms with Gasteiger partial charge in [0.15, 0.2) is 9.84 Å². The number of carbonyl (C=O) groups is 1. The summed E-state index contributed by atoms with van der Waals surface area (Å²) in [7, 11) is -3.23. The second-order valence-electron chi connectivity index (χ2n) is 8.79. The van der Waals surface area contributed by atoms with Crippen LogP contribution in [0.15, 0.2) is 23.6 Å². The van der Waals surface area contributed by atoms with Gasteiger partial charge < -0.3 is 0 Å².